The number of aryl methyl sites for hydroxylation is 1. The zero-order chi connectivity index (χ0) is 18.0. The molecule has 0 saturated carbocycles. The number of hydrogen-bond acceptors (Lipinski definition) is 5. The van der Waals surface area contributed by atoms with Crippen LogP contribution in [0.4, 0.5) is 5.82 Å². The first-order valence-corrected chi connectivity index (χ1v) is 8.60. The number of aromatic amines is 1. The summed E-state index contributed by atoms with van der Waals surface area (Å²) in [5.41, 5.74) is 6.80. The van der Waals surface area contributed by atoms with Crippen LogP contribution in [-0.2, 0) is 11.2 Å². The normalized spacial score (nSPS) is 20.5. The molecule has 0 bridgehead atoms. The van der Waals surface area contributed by atoms with Gasteiger partial charge in [-0.1, -0.05) is 6.92 Å². The van der Waals surface area contributed by atoms with E-state index in [1.54, 1.807) is 6.20 Å². The Labute approximate surface area is 146 Å². The Balaban J connectivity index is 1.86. The molecular weight excluding hydrogens is 318 g/mol. The molecule has 1 aliphatic rings. The molecule has 3 N–H and O–H groups in total. The second-order valence-corrected chi connectivity index (χ2v) is 6.52. The van der Waals surface area contributed by atoms with E-state index < -0.39 is 0 Å². The molecule has 7 heteroatoms. The van der Waals surface area contributed by atoms with E-state index in [0.717, 1.165) is 29.9 Å². The molecule has 7 nitrogen and oxygen atoms in total. The molecule has 2 aromatic heterocycles. The van der Waals surface area contributed by atoms with Crippen molar-refractivity contribution in [3.05, 3.63) is 40.4 Å². The van der Waals surface area contributed by atoms with Crippen LogP contribution in [0.15, 0.2) is 29.2 Å². The van der Waals surface area contributed by atoms with Crippen LogP contribution >= 0.6 is 0 Å². The number of rotatable bonds is 4. The van der Waals surface area contributed by atoms with E-state index in [0.29, 0.717) is 24.8 Å². The van der Waals surface area contributed by atoms with Crippen molar-refractivity contribution in [3.63, 3.8) is 0 Å². The molecule has 2 atom stereocenters. The van der Waals surface area contributed by atoms with E-state index in [4.69, 9.17) is 5.73 Å². The van der Waals surface area contributed by atoms with Gasteiger partial charge in [0.15, 0.2) is 0 Å². The summed E-state index contributed by atoms with van der Waals surface area (Å²) >= 11 is 0. The van der Waals surface area contributed by atoms with Crippen LogP contribution in [-0.4, -0.2) is 33.4 Å². The highest BCUT2D eigenvalue weighted by Gasteiger charge is 2.29. The molecule has 1 saturated heterocycles. The van der Waals surface area contributed by atoms with Crippen LogP contribution in [0.5, 0.6) is 0 Å². The molecule has 0 radical (unpaired) electrons. The minimum atomic E-state index is -0.258. The lowest BCUT2D eigenvalue weighted by molar-refractivity contribution is -0.122. The lowest BCUT2D eigenvalue weighted by atomic mass is 9.93. The summed E-state index contributed by atoms with van der Waals surface area (Å²) in [5, 5.41) is 0. The monoisotopic (exact) mass is 341 g/mol. The Kier molecular flexibility index (Phi) is 4.83. The number of nitrogens with one attached hydrogen (secondary N) is 1. The van der Waals surface area contributed by atoms with E-state index in [1.165, 1.54) is 6.07 Å². The number of carbonyl (C=O) groups is 1. The van der Waals surface area contributed by atoms with Crippen molar-refractivity contribution >= 4 is 11.7 Å². The number of anilines is 1. The van der Waals surface area contributed by atoms with Crippen molar-refractivity contribution < 1.29 is 4.79 Å². The quantitative estimate of drug-likeness (QED) is 0.876. The SMILES string of the molecule is CCc1cc(=O)[nH]c(-c2ccc(N3C[C@H](C(N)=O)CC[C@@H]3C)nc2)n1. The average Bonchev–Trinajstić information content (AvgIpc) is 2.61. The zero-order valence-corrected chi connectivity index (χ0v) is 14.5. The van der Waals surface area contributed by atoms with Gasteiger partial charge in [-0.15, -0.1) is 0 Å². The van der Waals surface area contributed by atoms with Gasteiger partial charge in [-0.3, -0.25) is 9.59 Å². The Bertz CT molecular complexity index is 815. The molecule has 0 spiro atoms. The zero-order valence-electron chi connectivity index (χ0n) is 14.5. The highest BCUT2D eigenvalue weighted by Crippen LogP contribution is 2.27. The summed E-state index contributed by atoms with van der Waals surface area (Å²) in [4.78, 5) is 37.1. The second kappa shape index (κ2) is 7.04. The summed E-state index contributed by atoms with van der Waals surface area (Å²) in [7, 11) is 0. The van der Waals surface area contributed by atoms with E-state index in [9.17, 15) is 9.59 Å². The van der Waals surface area contributed by atoms with Gasteiger partial charge in [-0.05, 0) is 38.3 Å². The van der Waals surface area contributed by atoms with Crippen molar-refractivity contribution in [1.82, 2.24) is 15.0 Å². The predicted octanol–water partition coefficient (Wildman–Crippen LogP) is 1.48. The minimum Gasteiger partial charge on any atom is -0.369 e. The fourth-order valence-corrected chi connectivity index (χ4v) is 3.18. The van der Waals surface area contributed by atoms with Gasteiger partial charge in [0, 0.05) is 36.1 Å². The summed E-state index contributed by atoms with van der Waals surface area (Å²) < 4.78 is 0. The number of nitrogens with zero attached hydrogens (tertiary/aromatic N) is 3. The highest BCUT2D eigenvalue weighted by molar-refractivity contribution is 5.77. The number of hydrogen-bond donors (Lipinski definition) is 2. The third kappa shape index (κ3) is 3.70. The molecule has 0 aliphatic carbocycles. The third-order valence-corrected chi connectivity index (χ3v) is 4.76. The van der Waals surface area contributed by atoms with Crippen LogP contribution in [0.2, 0.25) is 0 Å². The molecule has 3 rings (SSSR count). The van der Waals surface area contributed by atoms with Crippen molar-refractivity contribution in [2.24, 2.45) is 11.7 Å². The Morgan fingerprint density at radius 3 is 2.84 bits per heavy atom. The van der Waals surface area contributed by atoms with Crippen LogP contribution in [0.3, 0.4) is 0 Å². The van der Waals surface area contributed by atoms with Gasteiger partial charge >= 0.3 is 0 Å². The molecule has 132 valence electrons. The third-order valence-electron chi connectivity index (χ3n) is 4.76. The maximum Gasteiger partial charge on any atom is 0.251 e. The first-order valence-electron chi connectivity index (χ1n) is 8.60. The average molecular weight is 341 g/mol. The van der Waals surface area contributed by atoms with Crippen molar-refractivity contribution in [2.45, 2.75) is 39.2 Å². The molecule has 1 fully saturated rings. The van der Waals surface area contributed by atoms with Gasteiger partial charge < -0.3 is 15.6 Å². The van der Waals surface area contributed by atoms with Crippen molar-refractivity contribution in [2.75, 3.05) is 11.4 Å². The van der Waals surface area contributed by atoms with Crippen molar-refractivity contribution in [1.29, 1.82) is 0 Å². The number of primary amides is 1. The molecule has 1 aliphatic heterocycles. The molecule has 25 heavy (non-hydrogen) atoms. The Hall–Kier alpha value is -2.70. The first kappa shape index (κ1) is 17.1. The number of aromatic nitrogens is 3. The summed E-state index contributed by atoms with van der Waals surface area (Å²) in [5.74, 6) is 0.921. The number of carbonyl (C=O) groups excluding carboxylic acids is 1. The predicted molar refractivity (Wildman–Crippen MR) is 96.2 cm³/mol. The number of amides is 1. The molecule has 2 aromatic rings. The summed E-state index contributed by atoms with van der Waals surface area (Å²) in [6.07, 6.45) is 4.13. The van der Waals surface area contributed by atoms with Crippen molar-refractivity contribution in [3.8, 4) is 11.4 Å². The van der Waals surface area contributed by atoms with Crippen LogP contribution in [0.1, 0.15) is 32.4 Å². The van der Waals surface area contributed by atoms with Gasteiger partial charge in [-0.2, -0.15) is 0 Å². The fraction of sp³-hybridized carbons (Fsp3) is 0.444. The van der Waals surface area contributed by atoms with Gasteiger partial charge in [0.25, 0.3) is 5.56 Å². The lowest BCUT2D eigenvalue weighted by Gasteiger charge is -2.37. The molecule has 0 aromatic carbocycles. The second-order valence-electron chi connectivity index (χ2n) is 6.52. The minimum absolute atomic E-state index is 0.142. The molecular formula is C18H23N5O2. The molecule has 0 unspecified atom stereocenters. The van der Waals surface area contributed by atoms with Gasteiger partial charge in [-0.25, -0.2) is 9.97 Å². The van der Waals surface area contributed by atoms with Crippen LogP contribution in [0.25, 0.3) is 11.4 Å². The molecule has 3 heterocycles. The highest BCUT2D eigenvalue weighted by atomic mass is 16.1. The Morgan fingerprint density at radius 2 is 2.20 bits per heavy atom. The number of nitrogens with two attached hydrogens (primary N) is 1. The van der Waals surface area contributed by atoms with E-state index in [1.807, 2.05) is 19.1 Å². The number of piperidine rings is 1. The summed E-state index contributed by atoms with van der Waals surface area (Å²) in [6, 6.07) is 5.59. The Morgan fingerprint density at radius 1 is 1.40 bits per heavy atom. The topological polar surface area (TPSA) is 105 Å². The van der Waals surface area contributed by atoms with Crippen LogP contribution < -0.4 is 16.2 Å². The first-order chi connectivity index (χ1) is 12.0. The van der Waals surface area contributed by atoms with E-state index in [2.05, 4.69) is 26.8 Å². The summed E-state index contributed by atoms with van der Waals surface area (Å²) in [6.45, 7) is 4.67. The standard InChI is InChI=1S/C18H23N5O2/c1-3-14-8-16(24)22-18(21-14)12-6-7-15(20-9-12)23-10-13(17(19)25)5-4-11(23)2/h6-9,11,13H,3-5,10H2,1-2H3,(H2,19,25)(H,21,22,24)/t11-,13+/m0/s1. The van der Waals surface area contributed by atoms with Gasteiger partial charge in [0.2, 0.25) is 5.91 Å². The number of H-pyrrole nitrogens is 1. The largest absolute Gasteiger partial charge is 0.369 e. The van der Waals surface area contributed by atoms with Gasteiger partial charge in [0.05, 0.1) is 5.92 Å². The van der Waals surface area contributed by atoms with E-state index in [-0.39, 0.29) is 17.4 Å². The molecule has 1 amide bonds. The maximum absolute atomic E-state index is 11.7. The van der Waals surface area contributed by atoms with Gasteiger partial charge in [0.1, 0.15) is 11.6 Å². The maximum atomic E-state index is 11.7. The lowest BCUT2D eigenvalue weighted by Crippen LogP contribution is -2.46. The van der Waals surface area contributed by atoms with E-state index >= 15 is 0 Å². The fourth-order valence-electron chi connectivity index (χ4n) is 3.18. The number of pyridine rings is 1. The smallest absolute Gasteiger partial charge is 0.251 e. The van der Waals surface area contributed by atoms with Crippen LogP contribution in [0, 0.1) is 5.92 Å².